The molecule has 2 aromatic carbocycles. The van der Waals surface area contributed by atoms with Crippen molar-refractivity contribution in [2.75, 3.05) is 10.6 Å². The molecule has 0 aliphatic carbocycles. The first-order valence-electron chi connectivity index (χ1n) is 8.53. The number of rotatable bonds is 5. The predicted molar refractivity (Wildman–Crippen MR) is 104 cm³/mol. The molecule has 3 aromatic rings. The van der Waals surface area contributed by atoms with Crippen LogP contribution in [0.3, 0.4) is 0 Å². The average molecular weight is 332 g/mol. The Morgan fingerprint density at radius 3 is 2.40 bits per heavy atom. The third-order valence-electron chi connectivity index (χ3n) is 4.37. The number of anilines is 3. The maximum atomic E-state index is 4.63. The molecule has 0 aliphatic heterocycles. The number of hydrogen-bond acceptors (Lipinski definition) is 4. The zero-order valence-corrected chi connectivity index (χ0v) is 15.2. The lowest BCUT2D eigenvalue weighted by atomic mass is 10.1. The number of aryl methyl sites for hydroxylation is 2. The fraction of sp³-hybridized carbons (Fsp3) is 0.238. The van der Waals surface area contributed by atoms with Gasteiger partial charge in [0, 0.05) is 23.5 Å². The van der Waals surface area contributed by atoms with Crippen molar-refractivity contribution in [1.82, 2.24) is 9.97 Å². The number of hydrogen-bond donors (Lipinski definition) is 2. The summed E-state index contributed by atoms with van der Waals surface area (Å²) in [6.45, 7) is 8.31. The lowest BCUT2D eigenvalue weighted by Crippen LogP contribution is -2.10. The summed E-state index contributed by atoms with van der Waals surface area (Å²) in [7, 11) is 0. The van der Waals surface area contributed by atoms with Gasteiger partial charge in [-0.2, -0.15) is 4.98 Å². The van der Waals surface area contributed by atoms with Gasteiger partial charge in [0.25, 0.3) is 0 Å². The Hall–Kier alpha value is -2.88. The number of nitrogens with zero attached hydrogens (tertiary/aromatic N) is 2. The van der Waals surface area contributed by atoms with E-state index in [4.69, 9.17) is 0 Å². The molecule has 1 unspecified atom stereocenters. The molecule has 128 valence electrons. The third-order valence-corrected chi connectivity index (χ3v) is 4.37. The minimum Gasteiger partial charge on any atom is -0.363 e. The molecule has 1 aromatic heterocycles. The largest absolute Gasteiger partial charge is 0.363 e. The second kappa shape index (κ2) is 7.34. The lowest BCUT2D eigenvalue weighted by molar-refractivity contribution is 0.871. The summed E-state index contributed by atoms with van der Waals surface area (Å²) < 4.78 is 0. The lowest BCUT2D eigenvalue weighted by Gasteiger charge is -2.16. The van der Waals surface area contributed by atoms with Gasteiger partial charge in [0.1, 0.15) is 5.82 Å². The van der Waals surface area contributed by atoms with Crippen LogP contribution in [-0.4, -0.2) is 9.97 Å². The van der Waals surface area contributed by atoms with Crippen LogP contribution in [0.25, 0.3) is 0 Å². The van der Waals surface area contributed by atoms with Crippen molar-refractivity contribution in [2.45, 2.75) is 33.7 Å². The number of nitrogens with one attached hydrogen (secondary N) is 2. The Balaban J connectivity index is 1.82. The number of benzene rings is 2. The van der Waals surface area contributed by atoms with Crippen molar-refractivity contribution in [3.8, 4) is 0 Å². The molecule has 0 aliphatic rings. The van der Waals surface area contributed by atoms with E-state index in [9.17, 15) is 0 Å². The molecule has 0 fully saturated rings. The first-order valence-corrected chi connectivity index (χ1v) is 8.53. The fourth-order valence-corrected chi connectivity index (χ4v) is 2.75. The second-order valence-corrected chi connectivity index (χ2v) is 6.37. The van der Waals surface area contributed by atoms with Crippen LogP contribution in [0.1, 0.15) is 35.3 Å². The van der Waals surface area contributed by atoms with Crippen LogP contribution in [0.15, 0.2) is 54.6 Å². The van der Waals surface area contributed by atoms with Crippen molar-refractivity contribution in [1.29, 1.82) is 0 Å². The summed E-state index contributed by atoms with van der Waals surface area (Å²) in [5, 5.41) is 6.81. The molecule has 0 bridgehead atoms. The van der Waals surface area contributed by atoms with Gasteiger partial charge in [0.15, 0.2) is 0 Å². The van der Waals surface area contributed by atoms with Gasteiger partial charge in [-0.25, -0.2) is 4.98 Å². The van der Waals surface area contributed by atoms with Crippen LogP contribution < -0.4 is 10.6 Å². The fourth-order valence-electron chi connectivity index (χ4n) is 2.75. The summed E-state index contributed by atoms with van der Waals surface area (Å²) in [5.41, 5.74) is 5.63. The van der Waals surface area contributed by atoms with Crippen LogP contribution in [0.5, 0.6) is 0 Å². The standard InChI is InChI=1S/C21H24N4/c1-14-9-8-12-19(16(14)3)24-21-22-15(2)13-20(25-21)23-17(4)18-10-6-5-7-11-18/h5-13,17H,1-4H3,(H2,22,23,24,25). The first-order chi connectivity index (χ1) is 12.0. The zero-order valence-electron chi connectivity index (χ0n) is 15.2. The molecule has 1 heterocycles. The van der Waals surface area contributed by atoms with Crippen molar-refractivity contribution >= 4 is 17.5 Å². The minimum absolute atomic E-state index is 0.170. The van der Waals surface area contributed by atoms with Gasteiger partial charge in [0.2, 0.25) is 5.95 Å². The van der Waals surface area contributed by atoms with Gasteiger partial charge in [-0.05, 0) is 50.5 Å². The smallest absolute Gasteiger partial charge is 0.229 e. The van der Waals surface area contributed by atoms with Crippen LogP contribution in [-0.2, 0) is 0 Å². The van der Waals surface area contributed by atoms with Crippen LogP contribution in [0, 0.1) is 20.8 Å². The highest BCUT2D eigenvalue weighted by molar-refractivity contribution is 5.61. The molecular formula is C21H24N4. The monoisotopic (exact) mass is 332 g/mol. The summed E-state index contributed by atoms with van der Waals surface area (Å²) in [6.07, 6.45) is 0. The van der Waals surface area contributed by atoms with Crippen molar-refractivity contribution in [3.63, 3.8) is 0 Å². The molecule has 0 spiro atoms. The molecule has 0 saturated carbocycles. The molecule has 3 rings (SSSR count). The molecule has 0 amide bonds. The van der Waals surface area contributed by atoms with Crippen molar-refractivity contribution in [3.05, 3.63) is 77.0 Å². The molecule has 25 heavy (non-hydrogen) atoms. The summed E-state index contributed by atoms with van der Waals surface area (Å²) in [5.74, 6) is 1.42. The number of aromatic nitrogens is 2. The van der Waals surface area contributed by atoms with E-state index in [2.05, 4.69) is 59.6 Å². The Morgan fingerprint density at radius 2 is 1.64 bits per heavy atom. The quantitative estimate of drug-likeness (QED) is 0.664. The van der Waals surface area contributed by atoms with Crippen molar-refractivity contribution in [2.24, 2.45) is 0 Å². The second-order valence-electron chi connectivity index (χ2n) is 6.37. The molecular weight excluding hydrogens is 308 g/mol. The third kappa shape index (κ3) is 4.15. The SMILES string of the molecule is Cc1cc(NC(C)c2ccccc2)nc(Nc2cccc(C)c2C)n1. The Bertz CT molecular complexity index is 859. The highest BCUT2D eigenvalue weighted by Gasteiger charge is 2.09. The van der Waals surface area contributed by atoms with Crippen LogP contribution >= 0.6 is 0 Å². The molecule has 2 N–H and O–H groups in total. The van der Waals surface area contributed by atoms with E-state index in [0.29, 0.717) is 5.95 Å². The highest BCUT2D eigenvalue weighted by atomic mass is 15.1. The van der Waals surface area contributed by atoms with Crippen molar-refractivity contribution < 1.29 is 0 Å². The normalized spacial score (nSPS) is 11.8. The molecule has 1 atom stereocenters. The first kappa shape index (κ1) is 17.0. The Labute approximate surface area is 149 Å². The minimum atomic E-state index is 0.170. The molecule has 0 saturated heterocycles. The van der Waals surface area contributed by atoms with Gasteiger partial charge in [-0.15, -0.1) is 0 Å². The van der Waals surface area contributed by atoms with Crippen LogP contribution in [0.4, 0.5) is 17.5 Å². The van der Waals surface area contributed by atoms with Gasteiger partial charge >= 0.3 is 0 Å². The Kier molecular flexibility index (Phi) is 4.98. The Morgan fingerprint density at radius 1 is 0.880 bits per heavy atom. The van der Waals surface area contributed by atoms with Gasteiger partial charge < -0.3 is 10.6 Å². The van der Waals surface area contributed by atoms with Crippen LogP contribution in [0.2, 0.25) is 0 Å². The van der Waals surface area contributed by atoms with Gasteiger partial charge in [-0.1, -0.05) is 42.5 Å². The molecule has 4 heteroatoms. The van der Waals surface area contributed by atoms with E-state index < -0.39 is 0 Å². The summed E-state index contributed by atoms with van der Waals surface area (Å²) >= 11 is 0. The average Bonchev–Trinajstić information content (AvgIpc) is 2.59. The van der Waals surface area contributed by atoms with E-state index in [-0.39, 0.29) is 6.04 Å². The van der Waals surface area contributed by atoms with E-state index in [1.807, 2.05) is 43.3 Å². The summed E-state index contributed by atoms with van der Waals surface area (Å²) in [4.78, 5) is 9.15. The maximum absolute atomic E-state index is 4.63. The topological polar surface area (TPSA) is 49.8 Å². The predicted octanol–water partition coefficient (Wildman–Crippen LogP) is 5.32. The van der Waals surface area contributed by atoms with E-state index >= 15 is 0 Å². The van der Waals surface area contributed by atoms with E-state index in [0.717, 1.165) is 17.2 Å². The maximum Gasteiger partial charge on any atom is 0.229 e. The van der Waals surface area contributed by atoms with Gasteiger partial charge in [-0.3, -0.25) is 0 Å². The van der Waals surface area contributed by atoms with Gasteiger partial charge in [0.05, 0.1) is 0 Å². The molecule has 0 radical (unpaired) electrons. The zero-order chi connectivity index (χ0) is 17.8. The summed E-state index contributed by atoms with van der Waals surface area (Å²) in [6, 6.07) is 18.7. The van der Waals surface area contributed by atoms with E-state index in [1.54, 1.807) is 0 Å². The highest BCUT2D eigenvalue weighted by Crippen LogP contribution is 2.23. The van der Waals surface area contributed by atoms with E-state index in [1.165, 1.54) is 16.7 Å². The molecule has 4 nitrogen and oxygen atoms in total.